The van der Waals surface area contributed by atoms with Crippen LogP contribution in [0.25, 0.3) is 78.4 Å². The van der Waals surface area contributed by atoms with Crippen molar-refractivity contribution in [2.45, 2.75) is 5.41 Å². The highest BCUT2D eigenvalue weighted by Crippen LogP contribution is 2.56. The molecule has 0 bridgehead atoms. The molecule has 11 rings (SSSR count). The Labute approximate surface area is 324 Å². The van der Waals surface area contributed by atoms with Crippen LogP contribution in [-0.2, 0) is 5.41 Å². The van der Waals surface area contributed by atoms with E-state index >= 15 is 0 Å². The molecule has 10 aromatic rings. The van der Waals surface area contributed by atoms with Gasteiger partial charge in [-0.1, -0.05) is 176 Å². The predicted octanol–water partition coefficient (Wildman–Crippen LogP) is 12.8. The van der Waals surface area contributed by atoms with Gasteiger partial charge in [0.2, 0.25) is 0 Å². The standard InChI is InChI=1S/C52H33N3O/c1-5-17-34(18-6-1)43-31-37(33-47-48(43)42-26-14-16-28-46(42)56-47)51-54-49(35-19-7-2-8-20-35)53-50(55-51)36-29-30-41-40-25-13-15-27-44(40)52(45(41)32-36,38-21-9-3-10-22-38)39-23-11-4-12-24-39/h1-33H. The first-order valence-corrected chi connectivity index (χ1v) is 18.9. The van der Waals surface area contributed by atoms with Gasteiger partial charge in [-0.15, -0.1) is 0 Å². The summed E-state index contributed by atoms with van der Waals surface area (Å²) in [4.78, 5) is 15.7. The summed E-state index contributed by atoms with van der Waals surface area (Å²) >= 11 is 0. The van der Waals surface area contributed by atoms with Crippen molar-refractivity contribution in [3.8, 4) is 56.4 Å². The molecular weight excluding hydrogens is 683 g/mol. The van der Waals surface area contributed by atoms with Gasteiger partial charge in [0.15, 0.2) is 17.5 Å². The molecule has 1 aliphatic carbocycles. The van der Waals surface area contributed by atoms with Gasteiger partial charge in [-0.25, -0.2) is 15.0 Å². The van der Waals surface area contributed by atoms with Gasteiger partial charge in [-0.3, -0.25) is 0 Å². The third kappa shape index (κ3) is 4.96. The lowest BCUT2D eigenvalue weighted by atomic mass is 9.67. The molecule has 2 heterocycles. The van der Waals surface area contributed by atoms with E-state index in [0.29, 0.717) is 17.5 Å². The number of aromatic nitrogens is 3. The molecule has 262 valence electrons. The quantitative estimate of drug-likeness (QED) is 0.172. The minimum absolute atomic E-state index is 0.542. The molecule has 0 saturated heterocycles. The molecule has 56 heavy (non-hydrogen) atoms. The van der Waals surface area contributed by atoms with E-state index in [1.807, 2.05) is 36.4 Å². The fourth-order valence-electron chi connectivity index (χ4n) is 8.76. The molecule has 0 spiro atoms. The average molecular weight is 716 g/mol. The summed E-state index contributed by atoms with van der Waals surface area (Å²) in [6.07, 6.45) is 0. The lowest BCUT2D eigenvalue weighted by Crippen LogP contribution is -2.28. The summed E-state index contributed by atoms with van der Waals surface area (Å²) in [5.74, 6) is 1.79. The van der Waals surface area contributed by atoms with E-state index in [9.17, 15) is 0 Å². The van der Waals surface area contributed by atoms with Crippen molar-refractivity contribution < 1.29 is 4.42 Å². The largest absolute Gasteiger partial charge is 0.456 e. The predicted molar refractivity (Wildman–Crippen MR) is 226 cm³/mol. The van der Waals surface area contributed by atoms with Crippen LogP contribution in [-0.4, -0.2) is 15.0 Å². The molecule has 0 amide bonds. The Balaban J connectivity index is 1.17. The Morgan fingerprint density at radius 3 is 1.57 bits per heavy atom. The van der Waals surface area contributed by atoms with Crippen molar-refractivity contribution >= 4 is 21.9 Å². The fraction of sp³-hybridized carbons (Fsp3) is 0.0192. The summed E-state index contributed by atoms with van der Waals surface area (Å²) in [6, 6.07) is 70.4. The van der Waals surface area contributed by atoms with Gasteiger partial charge in [0, 0.05) is 27.5 Å². The molecule has 0 saturated carbocycles. The van der Waals surface area contributed by atoms with E-state index in [4.69, 9.17) is 19.4 Å². The number of benzene rings is 8. The van der Waals surface area contributed by atoms with E-state index < -0.39 is 5.41 Å². The molecule has 0 atom stereocenters. The van der Waals surface area contributed by atoms with Crippen molar-refractivity contribution in [3.05, 3.63) is 222 Å². The van der Waals surface area contributed by atoms with Gasteiger partial charge in [-0.05, 0) is 68.8 Å². The lowest BCUT2D eigenvalue weighted by Gasteiger charge is -2.34. The molecule has 2 aromatic heterocycles. The number of hydrogen-bond donors (Lipinski definition) is 0. The Morgan fingerprint density at radius 2 is 0.875 bits per heavy atom. The Bertz CT molecular complexity index is 3030. The van der Waals surface area contributed by atoms with Crippen LogP contribution >= 0.6 is 0 Å². The maximum absolute atomic E-state index is 6.52. The molecule has 0 N–H and O–H groups in total. The molecule has 0 fully saturated rings. The number of para-hydroxylation sites is 1. The van der Waals surface area contributed by atoms with E-state index in [0.717, 1.165) is 49.8 Å². The van der Waals surface area contributed by atoms with Gasteiger partial charge >= 0.3 is 0 Å². The maximum Gasteiger partial charge on any atom is 0.164 e. The second kappa shape index (κ2) is 12.9. The summed E-state index contributed by atoms with van der Waals surface area (Å²) < 4.78 is 6.52. The minimum atomic E-state index is -0.542. The highest BCUT2D eigenvalue weighted by molar-refractivity contribution is 6.13. The molecule has 1 aliphatic rings. The molecule has 0 aliphatic heterocycles. The molecule has 0 radical (unpaired) electrons. The molecule has 4 heteroatoms. The van der Waals surface area contributed by atoms with E-state index in [2.05, 4.69) is 164 Å². The van der Waals surface area contributed by atoms with Crippen LogP contribution in [0.1, 0.15) is 22.3 Å². The third-order valence-electron chi connectivity index (χ3n) is 11.2. The van der Waals surface area contributed by atoms with Crippen molar-refractivity contribution in [1.82, 2.24) is 15.0 Å². The Kier molecular flexibility index (Phi) is 7.36. The first-order chi connectivity index (χ1) is 27.8. The normalized spacial score (nSPS) is 12.8. The van der Waals surface area contributed by atoms with Crippen LogP contribution < -0.4 is 0 Å². The Hall–Kier alpha value is -7.43. The number of hydrogen-bond acceptors (Lipinski definition) is 4. The third-order valence-corrected chi connectivity index (χ3v) is 11.2. The topological polar surface area (TPSA) is 51.8 Å². The van der Waals surface area contributed by atoms with Crippen molar-refractivity contribution in [1.29, 1.82) is 0 Å². The summed E-state index contributed by atoms with van der Waals surface area (Å²) in [5.41, 5.74) is 13.3. The lowest BCUT2D eigenvalue weighted by molar-refractivity contribution is 0.669. The van der Waals surface area contributed by atoms with E-state index in [-0.39, 0.29) is 0 Å². The van der Waals surface area contributed by atoms with Gasteiger partial charge in [0.25, 0.3) is 0 Å². The van der Waals surface area contributed by atoms with Crippen LogP contribution in [0.15, 0.2) is 205 Å². The zero-order valence-corrected chi connectivity index (χ0v) is 30.3. The average Bonchev–Trinajstić information content (AvgIpc) is 3.81. The smallest absolute Gasteiger partial charge is 0.164 e. The number of furan rings is 1. The summed E-state index contributed by atoms with van der Waals surface area (Å²) in [7, 11) is 0. The number of fused-ring (bicyclic) bond motifs is 6. The zero-order valence-electron chi connectivity index (χ0n) is 30.3. The van der Waals surface area contributed by atoms with Crippen LogP contribution in [0.3, 0.4) is 0 Å². The highest BCUT2D eigenvalue weighted by Gasteiger charge is 2.46. The van der Waals surface area contributed by atoms with Gasteiger partial charge in [-0.2, -0.15) is 0 Å². The number of nitrogens with zero attached hydrogens (tertiary/aromatic N) is 3. The first kappa shape index (κ1) is 32.0. The van der Waals surface area contributed by atoms with E-state index in [1.54, 1.807) is 0 Å². The van der Waals surface area contributed by atoms with Crippen molar-refractivity contribution in [2.75, 3.05) is 0 Å². The monoisotopic (exact) mass is 715 g/mol. The van der Waals surface area contributed by atoms with Crippen molar-refractivity contribution in [2.24, 2.45) is 0 Å². The summed E-state index contributed by atoms with van der Waals surface area (Å²) in [6.45, 7) is 0. The second-order valence-corrected chi connectivity index (χ2v) is 14.3. The first-order valence-electron chi connectivity index (χ1n) is 18.9. The molecule has 8 aromatic carbocycles. The zero-order chi connectivity index (χ0) is 37.1. The van der Waals surface area contributed by atoms with Crippen molar-refractivity contribution in [3.63, 3.8) is 0 Å². The molecular formula is C52H33N3O. The molecule has 0 unspecified atom stereocenters. The SMILES string of the molecule is c1ccc(-c2nc(-c3ccc4c(c3)C(c3ccccc3)(c3ccccc3)c3ccccc3-4)nc(-c3cc(-c4ccccc4)c4c(c3)oc3ccccc34)n2)cc1. The summed E-state index contributed by atoms with van der Waals surface area (Å²) in [5, 5.41) is 2.15. The number of rotatable bonds is 6. The van der Waals surface area contributed by atoms with Crippen LogP contribution in [0.5, 0.6) is 0 Å². The minimum Gasteiger partial charge on any atom is -0.456 e. The van der Waals surface area contributed by atoms with Crippen LogP contribution in [0.2, 0.25) is 0 Å². The van der Waals surface area contributed by atoms with Gasteiger partial charge < -0.3 is 4.42 Å². The van der Waals surface area contributed by atoms with Crippen LogP contribution in [0.4, 0.5) is 0 Å². The maximum atomic E-state index is 6.52. The van der Waals surface area contributed by atoms with Gasteiger partial charge in [0.05, 0.1) is 5.41 Å². The molecule has 4 nitrogen and oxygen atoms in total. The van der Waals surface area contributed by atoms with Crippen LogP contribution in [0, 0.1) is 0 Å². The fourth-order valence-corrected chi connectivity index (χ4v) is 8.76. The Morgan fingerprint density at radius 1 is 0.339 bits per heavy atom. The van der Waals surface area contributed by atoms with Gasteiger partial charge in [0.1, 0.15) is 11.2 Å². The second-order valence-electron chi connectivity index (χ2n) is 14.3. The highest BCUT2D eigenvalue weighted by atomic mass is 16.3. The van der Waals surface area contributed by atoms with E-state index in [1.165, 1.54) is 33.4 Å².